The quantitative estimate of drug-likeness (QED) is 0.744. The van der Waals surface area contributed by atoms with Crippen LogP contribution < -0.4 is 10.2 Å². The van der Waals surface area contributed by atoms with Gasteiger partial charge in [-0.15, -0.1) is 5.10 Å². The maximum Gasteiger partial charge on any atom is 0.229 e. The van der Waals surface area contributed by atoms with Gasteiger partial charge in [0.2, 0.25) is 16.0 Å². The number of imidazole rings is 1. The highest BCUT2D eigenvalue weighted by atomic mass is 32.1. The van der Waals surface area contributed by atoms with Gasteiger partial charge >= 0.3 is 0 Å². The lowest BCUT2D eigenvalue weighted by Gasteiger charge is -2.31. The Hall–Kier alpha value is -2.41. The zero-order chi connectivity index (χ0) is 19.0. The summed E-state index contributed by atoms with van der Waals surface area (Å²) in [4.78, 5) is 20.5. The molecule has 4 rings (SSSR count). The number of nitrogens with zero attached hydrogens (tertiary/aromatic N) is 4. The molecule has 0 aliphatic carbocycles. The van der Waals surface area contributed by atoms with Gasteiger partial charge < -0.3 is 10.2 Å². The third-order valence-electron chi connectivity index (χ3n) is 4.90. The molecule has 0 spiro atoms. The van der Waals surface area contributed by atoms with Gasteiger partial charge in [0.25, 0.3) is 0 Å². The SMILES string of the molecule is CC(C)(C)c1cn2nc(N3CCC[C@H](C(=O)Nc4ccccc4)C3)sc2n1. The smallest absolute Gasteiger partial charge is 0.229 e. The second kappa shape index (κ2) is 6.96. The minimum atomic E-state index is -0.0275. The van der Waals surface area contributed by atoms with E-state index in [4.69, 9.17) is 10.1 Å². The van der Waals surface area contributed by atoms with Crippen molar-refractivity contribution in [3.63, 3.8) is 0 Å². The highest BCUT2D eigenvalue weighted by Crippen LogP contribution is 2.30. The van der Waals surface area contributed by atoms with Gasteiger partial charge in [-0.3, -0.25) is 4.79 Å². The standard InChI is InChI=1S/C20H25N5OS/c1-20(2,3)16-13-25-18(22-16)27-19(23-25)24-11-7-8-14(12-24)17(26)21-15-9-5-4-6-10-15/h4-6,9-10,13-14H,7-8,11-12H2,1-3H3,(H,21,26)/t14-/m0/s1. The molecular formula is C20H25N5OS. The Labute approximate surface area is 163 Å². The van der Waals surface area contributed by atoms with Crippen LogP contribution in [0.1, 0.15) is 39.3 Å². The average molecular weight is 384 g/mol. The minimum Gasteiger partial charge on any atom is -0.346 e. The van der Waals surface area contributed by atoms with Gasteiger partial charge in [0.15, 0.2) is 0 Å². The molecule has 1 fully saturated rings. The maximum atomic E-state index is 12.6. The summed E-state index contributed by atoms with van der Waals surface area (Å²) in [5.41, 5.74) is 1.91. The monoisotopic (exact) mass is 383 g/mol. The first-order chi connectivity index (χ1) is 12.9. The number of carbonyl (C=O) groups excluding carboxylic acids is 1. The molecule has 0 unspecified atom stereocenters. The Bertz CT molecular complexity index is 909. The molecule has 6 nitrogen and oxygen atoms in total. The van der Waals surface area contributed by atoms with Crippen molar-refractivity contribution in [1.29, 1.82) is 0 Å². The van der Waals surface area contributed by atoms with E-state index in [0.717, 1.165) is 40.9 Å². The van der Waals surface area contributed by atoms with Crippen LogP contribution in [0.5, 0.6) is 0 Å². The zero-order valence-electron chi connectivity index (χ0n) is 16.0. The fraction of sp³-hybridized carbons (Fsp3) is 0.450. The number of hydrogen-bond donors (Lipinski definition) is 1. The number of carbonyl (C=O) groups is 1. The van der Waals surface area contributed by atoms with Gasteiger partial charge in [-0.25, -0.2) is 9.50 Å². The first-order valence-corrected chi connectivity index (χ1v) is 10.2. The van der Waals surface area contributed by atoms with E-state index < -0.39 is 0 Å². The molecule has 1 amide bonds. The molecular weight excluding hydrogens is 358 g/mol. The number of anilines is 2. The first kappa shape index (κ1) is 18.0. The van der Waals surface area contributed by atoms with Crippen LogP contribution in [-0.2, 0) is 10.2 Å². The van der Waals surface area contributed by atoms with Crippen molar-refractivity contribution in [2.45, 2.75) is 39.0 Å². The minimum absolute atomic E-state index is 0.0132. The van der Waals surface area contributed by atoms with Crippen molar-refractivity contribution in [3.8, 4) is 0 Å². The summed E-state index contributed by atoms with van der Waals surface area (Å²) in [6, 6.07) is 9.64. The van der Waals surface area contributed by atoms with Crippen LogP contribution >= 0.6 is 11.3 Å². The van der Waals surface area contributed by atoms with E-state index >= 15 is 0 Å². The molecule has 2 aromatic heterocycles. The Morgan fingerprint density at radius 2 is 2.04 bits per heavy atom. The number of amides is 1. The summed E-state index contributed by atoms with van der Waals surface area (Å²) in [5.74, 6) is 0.0579. The number of hydrogen-bond acceptors (Lipinski definition) is 5. The molecule has 0 saturated carbocycles. The highest BCUT2D eigenvalue weighted by Gasteiger charge is 2.28. The molecule has 3 heterocycles. The van der Waals surface area contributed by atoms with Gasteiger partial charge in [-0.1, -0.05) is 50.3 Å². The van der Waals surface area contributed by atoms with Crippen LogP contribution in [0.2, 0.25) is 0 Å². The molecule has 3 aromatic rings. The van der Waals surface area contributed by atoms with E-state index in [1.807, 2.05) is 41.0 Å². The third-order valence-corrected chi connectivity index (χ3v) is 5.89. The maximum absolute atomic E-state index is 12.6. The van der Waals surface area contributed by atoms with Crippen molar-refractivity contribution < 1.29 is 4.79 Å². The Balaban J connectivity index is 1.47. The molecule has 0 bridgehead atoms. The van der Waals surface area contributed by atoms with Crippen molar-refractivity contribution in [3.05, 3.63) is 42.2 Å². The zero-order valence-corrected chi connectivity index (χ0v) is 16.8. The van der Waals surface area contributed by atoms with E-state index in [1.165, 1.54) is 0 Å². The number of benzene rings is 1. The largest absolute Gasteiger partial charge is 0.346 e. The Morgan fingerprint density at radius 3 is 2.74 bits per heavy atom. The third kappa shape index (κ3) is 3.83. The van der Waals surface area contributed by atoms with E-state index in [-0.39, 0.29) is 17.2 Å². The number of aromatic nitrogens is 3. The van der Waals surface area contributed by atoms with Gasteiger partial charge in [0, 0.05) is 24.2 Å². The summed E-state index contributed by atoms with van der Waals surface area (Å²) in [6.07, 6.45) is 3.91. The van der Waals surface area contributed by atoms with Crippen LogP contribution in [0.15, 0.2) is 36.5 Å². The van der Waals surface area contributed by atoms with Crippen LogP contribution in [0, 0.1) is 5.92 Å². The first-order valence-electron chi connectivity index (χ1n) is 9.38. The van der Waals surface area contributed by atoms with E-state index in [1.54, 1.807) is 11.3 Å². The second-order valence-electron chi connectivity index (χ2n) is 8.13. The van der Waals surface area contributed by atoms with Crippen molar-refractivity contribution >= 4 is 33.0 Å². The molecule has 1 saturated heterocycles. The summed E-state index contributed by atoms with van der Waals surface area (Å²) >= 11 is 1.59. The normalized spacial score (nSPS) is 18.0. The van der Waals surface area contributed by atoms with Crippen molar-refractivity contribution in [2.75, 3.05) is 23.3 Å². The summed E-state index contributed by atoms with van der Waals surface area (Å²) < 4.78 is 1.87. The van der Waals surface area contributed by atoms with Crippen LogP contribution in [0.3, 0.4) is 0 Å². The van der Waals surface area contributed by atoms with Crippen LogP contribution in [0.25, 0.3) is 4.96 Å². The molecule has 1 aromatic carbocycles. The number of rotatable bonds is 3. The predicted molar refractivity (Wildman–Crippen MR) is 110 cm³/mol. The van der Waals surface area contributed by atoms with Crippen LogP contribution in [0.4, 0.5) is 10.8 Å². The molecule has 27 heavy (non-hydrogen) atoms. The number of para-hydroxylation sites is 1. The lowest BCUT2D eigenvalue weighted by Crippen LogP contribution is -2.40. The van der Waals surface area contributed by atoms with Gasteiger partial charge in [0.1, 0.15) is 0 Å². The molecule has 1 aliphatic rings. The second-order valence-corrected chi connectivity index (χ2v) is 9.06. The average Bonchev–Trinajstić information content (AvgIpc) is 3.22. The van der Waals surface area contributed by atoms with E-state index in [9.17, 15) is 4.79 Å². The lowest BCUT2D eigenvalue weighted by atomic mass is 9.93. The predicted octanol–water partition coefficient (Wildman–Crippen LogP) is 3.94. The highest BCUT2D eigenvalue weighted by molar-refractivity contribution is 7.20. The molecule has 0 radical (unpaired) electrons. The summed E-state index contributed by atoms with van der Waals surface area (Å²) in [5, 5.41) is 8.68. The van der Waals surface area contributed by atoms with Gasteiger partial charge in [-0.2, -0.15) is 0 Å². The Kier molecular flexibility index (Phi) is 4.63. The summed E-state index contributed by atoms with van der Waals surface area (Å²) in [7, 11) is 0. The fourth-order valence-corrected chi connectivity index (χ4v) is 4.23. The molecule has 1 aliphatic heterocycles. The van der Waals surface area contributed by atoms with Gasteiger partial charge in [-0.05, 0) is 25.0 Å². The topological polar surface area (TPSA) is 62.5 Å². The fourth-order valence-electron chi connectivity index (χ4n) is 3.31. The Morgan fingerprint density at radius 1 is 1.26 bits per heavy atom. The van der Waals surface area contributed by atoms with E-state index in [0.29, 0.717) is 6.54 Å². The molecule has 7 heteroatoms. The molecule has 1 N–H and O–H groups in total. The lowest BCUT2D eigenvalue weighted by molar-refractivity contribution is -0.120. The van der Waals surface area contributed by atoms with E-state index in [2.05, 4.69) is 31.0 Å². The van der Waals surface area contributed by atoms with Gasteiger partial charge in [0.05, 0.1) is 17.8 Å². The van der Waals surface area contributed by atoms with Crippen molar-refractivity contribution in [1.82, 2.24) is 14.6 Å². The molecule has 1 atom stereocenters. The molecule has 142 valence electrons. The van der Waals surface area contributed by atoms with Crippen LogP contribution in [-0.4, -0.2) is 33.6 Å². The number of fused-ring (bicyclic) bond motifs is 1. The number of piperidine rings is 1. The van der Waals surface area contributed by atoms with Crippen molar-refractivity contribution in [2.24, 2.45) is 5.92 Å². The number of nitrogens with one attached hydrogen (secondary N) is 1. The summed E-state index contributed by atoms with van der Waals surface area (Å²) in [6.45, 7) is 8.09.